The second kappa shape index (κ2) is 6.93. The predicted octanol–water partition coefficient (Wildman–Crippen LogP) is 2.48. The summed E-state index contributed by atoms with van der Waals surface area (Å²) in [5, 5.41) is 2.95. The van der Waals surface area contributed by atoms with Crippen molar-refractivity contribution in [3.05, 3.63) is 30.6 Å². The van der Waals surface area contributed by atoms with E-state index in [4.69, 9.17) is 0 Å². The number of aromatic nitrogens is 2. The number of nitrogens with one attached hydrogen (secondary N) is 1. The first-order chi connectivity index (χ1) is 9.76. The van der Waals surface area contributed by atoms with Crippen LogP contribution < -0.4 is 5.32 Å². The molecule has 0 fully saturated rings. The van der Waals surface area contributed by atoms with Crippen molar-refractivity contribution in [2.75, 3.05) is 19.6 Å². The Balaban J connectivity index is 1.80. The van der Waals surface area contributed by atoms with Gasteiger partial charge < -0.3 is 14.8 Å². The van der Waals surface area contributed by atoms with Gasteiger partial charge in [0.2, 0.25) is 0 Å². The highest BCUT2D eigenvalue weighted by molar-refractivity contribution is 5.75. The third-order valence-electron chi connectivity index (χ3n) is 3.43. The average molecular weight is 274 g/mol. The number of imidazole rings is 1. The lowest BCUT2D eigenvalue weighted by molar-refractivity contribution is 0.203. The number of rotatable bonds is 6. The van der Waals surface area contributed by atoms with Gasteiger partial charge >= 0.3 is 6.03 Å². The van der Waals surface area contributed by atoms with Gasteiger partial charge in [-0.2, -0.15) is 0 Å². The van der Waals surface area contributed by atoms with Crippen molar-refractivity contribution in [2.45, 2.75) is 26.8 Å². The normalized spacial score (nSPS) is 10.7. The Morgan fingerprint density at radius 1 is 1.30 bits per heavy atom. The van der Waals surface area contributed by atoms with Crippen LogP contribution in [0.15, 0.2) is 30.6 Å². The van der Waals surface area contributed by atoms with Gasteiger partial charge in [-0.1, -0.05) is 12.1 Å². The van der Waals surface area contributed by atoms with E-state index in [2.05, 4.69) is 20.9 Å². The Hall–Kier alpha value is -2.04. The number of nitrogens with zero attached hydrogens (tertiary/aromatic N) is 3. The molecule has 108 valence electrons. The first kappa shape index (κ1) is 14.4. The first-order valence-corrected chi connectivity index (χ1v) is 7.19. The number of aryl methyl sites for hydroxylation is 1. The number of fused-ring (bicyclic) bond motifs is 1. The molecule has 5 heteroatoms. The lowest BCUT2D eigenvalue weighted by Crippen LogP contribution is -2.40. The third kappa shape index (κ3) is 3.29. The summed E-state index contributed by atoms with van der Waals surface area (Å²) in [5.41, 5.74) is 2.15. The van der Waals surface area contributed by atoms with Crippen LogP contribution in [0, 0.1) is 0 Å². The predicted molar refractivity (Wildman–Crippen MR) is 80.7 cm³/mol. The van der Waals surface area contributed by atoms with Gasteiger partial charge in [-0.3, -0.25) is 0 Å². The molecule has 0 saturated heterocycles. The van der Waals surface area contributed by atoms with Crippen molar-refractivity contribution in [2.24, 2.45) is 0 Å². The molecule has 1 heterocycles. The summed E-state index contributed by atoms with van der Waals surface area (Å²) in [4.78, 5) is 17.9. The second-order valence-electron chi connectivity index (χ2n) is 4.68. The van der Waals surface area contributed by atoms with E-state index >= 15 is 0 Å². The van der Waals surface area contributed by atoms with E-state index in [1.807, 2.05) is 38.4 Å². The average Bonchev–Trinajstić information content (AvgIpc) is 2.88. The summed E-state index contributed by atoms with van der Waals surface area (Å²) < 4.78 is 2.12. The van der Waals surface area contributed by atoms with Crippen LogP contribution in [0.5, 0.6) is 0 Å². The topological polar surface area (TPSA) is 50.2 Å². The van der Waals surface area contributed by atoms with Gasteiger partial charge in [0.1, 0.15) is 0 Å². The van der Waals surface area contributed by atoms with E-state index in [0.717, 1.165) is 37.1 Å². The van der Waals surface area contributed by atoms with Gasteiger partial charge in [0.25, 0.3) is 0 Å². The zero-order chi connectivity index (χ0) is 14.4. The van der Waals surface area contributed by atoms with Gasteiger partial charge in [-0.05, 0) is 32.4 Å². The summed E-state index contributed by atoms with van der Waals surface area (Å²) >= 11 is 0. The number of hydrogen-bond acceptors (Lipinski definition) is 2. The molecule has 1 N–H and O–H groups in total. The number of urea groups is 1. The van der Waals surface area contributed by atoms with E-state index in [9.17, 15) is 4.79 Å². The van der Waals surface area contributed by atoms with Gasteiger partial charge in [-0.15, -0.1) is 0 Å². The monoisotopic (exact) mass is 274 g/mol. The van der Waals surface area contributed by atoms with Crippen molar-refractivity contribution in [3.8, 4) is 0 Å². The number of carbonyl (C=O) groups is 1. The minimum atomic E-state index is 0.0190. The third-order valence-corrected chi connectivity index (χ3v) is 3.43. The van der Waals surface area contributed by atoms with Crippen LogP contribution in [0.4, 0.5) is 4.79 Å². The molecule has 2 amide bonds. The standard InChI is InChI=1S/C15H22N4O/c1-3-18(4-2)15(20)16-10-7-11-19-12-17-13-8-5-6-9-14(13)19/h5-6,8-9,12H,3-4,7,10-11H2,1-2H3,(H,16,20). The summed E-state index contributed by atoms with van der Waals surface area (Å²) in [6.45, 7) is 7.01. The van der Waals surface area contributed by atoms with E-state index in [-0.39, 0.29) is 6.03 Å². The van der Waals surface area contributed by atoms with Gasteiger partial charge in [0, 0.05) is 26.2 Å². The Labute approximate surface area is 119 Å². The molecule has 1 aromatic carbocycles. The maximum atomic E-state index is 11.8. The van der Waals surface area contributed by atoms with E-state index in [1.165, 1.54) is 0 Å². The van der Waals surface area contributed by atoms with Crippen LogP contribution in [-0.4, -0.2) is 40.1 Å². The lowest BCUT2D eigenvalue weighted by Gasteiger charge is -2.19. The summed E-state index contributed by atoms with van der Waals surface area (Å²) in [7, 11) is 0. The highest BCUT2D eigenvalue weighted by Gasteiger charge is 2.07. The van der Waals surface area contributed by atoms with Crippen LogP contribution >= 0.6 is 0 Å². The van der Waals surface area contributed by atoms with Crippen LogP contribution in [-0.2, 0) is 6.54 Å². The fourth-order valence-corrected chi connectivity index (χ4v) is 2.26. The first-order valence-electron chi connectivity index (χ1n) is 7.19. The van der Waals surface area contributed by atoms with E-state index in [1.54, 1.807) is 4.90 Å². The van der Waals surface area contributed by atoms with E-state index < -0.39 is 0 Å². The van der Waals surface area contributed by atoms with Crippen molar-refractivity contribution >= 4 is 17.1 Å². The highest BCUT2D eigenvalue weighted by atomic mass is 16.2. The molecule has 0 radical (unpaired) electrons. The van der Waals surface area contributed by atoms with Crippen LogP contribution in [0.25, 0.3) is 11.0 Å². The fraction of sp³-hybridized carbons (Fsp3) is 0.467. The second-order valence-corrected chi connectivity index (χ2v) is 4.68. The molecular formula is C15H22N4O. The van der Waals surface area contributed by atoms with Crippen molar-refractivity contribution in [1.29, 1.82) is 0 Å². The molecule has 0 saturated carbocycles. The van der Waals surface area contributed by atoms with Crippen LogP contribution in [0.3, 0.4) is 0 Å². The maximum Gasteiger partial charge on any atom is 0.317 e. The number of carbonyl (C=O) groups excluding carboxylic acids is 1. The number of hydrogen-bond donors (Lipinski definition) is 1. The highest BCUT2D eigenvalue weighted by Crippen LogP contribution is 2.11. The molecule has 2 rings (SSSR count). The molecular weight excluding hydrogens is 252 g/mol. The molecule has 0 atom stereocenters. The SMILES string of the molecule is CCN(CC)C(=O)NCCCn1cnc2ccccc21. The molecule has 0 bridgehead atoms. The van der Waals surface area contributed by atoms with E-state index in [0.29, 0.717) is 6.54 Å². The van der Waals surface area contributed by atoms with Crippen molar-refractivity contribution < 1.29 is 4.79 Å². The minimum absolute atomic E-state index is 0.0190. The molecule has 20 heavy (non-hydrogen) atoms. The summed E-state index contributed by atoms with van der Waals surface area (Å²) in [5.74, 6) is 0. The molecule has 0 spiro atoms. The van der Waals surface area contributed by atoms with Gasteiger partial charge in [0.15, 0.2) is 0 Å². The number of benzene rings is 1. The fourth-order valence-electron chi connectivity index (χ4n) is 2.26. The molecule has 1 aromatic heterocycles. The minimum Gasteiger partial charge on any atom is -0.338 e. The maximum absolute atomic E-state index is 11.8. The zero-order valence-electron chi connectivity index (χ0n) is 12.2. The molecule has 0 aliphatic heterocycles. The Morgan fingerprint density at radius 2 is 2.05 bits per heavy atom. The quantitative estimate of drug-likeness (QED) is 0.823. The lowest BCUT2D eigenvalue weighted by atomic mass is 10.3. The molecule has 0 unspecified atom stereocenters. The Bertz CT molecular complexity index is 560. The summed E-state index contributed by atoms with van der Waals surface area (Å²) in [6.07, 6.45) is 2.75. The Morgan fingerprint density at radius 3 is 2.80 bits per heavy atom. The zero-order valence-corrected chi connectivity index (χ0v) is 12.2. The molecule has 0 aliphatic rings. The number of amides is 2. The Kier molecular flexibility index (Phi) is 4.98. The molecule has 5 nitrogen and oxygen atoms in total. The van der Waals surface area contributed by atoms with Crippen LogP contribution in [0.1, 0.15) is 20.3 Å². The van der Waals surface area contributed by atoms with Crippen LogP contribution in [0.2, 0.25) is 0 Å². The molecule has 2 aromatic rings. The smallest absolute Gasteiger partial charge is 0.317 e. The molecule has 0 aliphatic carbocycles. The largest absolute Gasteiger partial charge is 0.338 e. The van der Waals surface area contributed by atoms with Crippen molar-refractivity contribution in [1.82, 2.24) is 19.8 Å². The summed E-state index contributed by atoms with van der Waals surface area (Å²) in [6, 6.07) is 8.10. The number of para-hydroxylation sites is 2. The van der Waals surface area contributed by atoms with Gasteiger partial charge in [0.05, 0.1) is 17.4 Å². The van der Waals surface area contributed by atoms with Crippen molar-refractivity contribution in [3.63, 3.8) is 0 Å². The van der Waals surface area contributed by atoms with Gasteiger partial charge in [-0.25, -0.2) is 9.78 Å².